The molecule has 14 heavy (non-hydrogen) atoms. The van der Waals surface area contributed by atoms with Crippen LogP contribution in [0, 0.1) is 0 Å². The highest BCUT2D eigenvalue weighted by Crippen LogP contribution is 2.36. The van der Waals surface area contributed by atoms with Crippen molar-refractivity contribution in [1.29, 1.82) is 0 Å². The Morgan fingerprint density at radius 2 is 2.00 bits per heavy atom. The van der Waals surface area contributed by atoms with Crippen LogP contribution in [0.1, 0.15) is 39.0 Å². The van der Waals surface area contributed by atoms with Crippen molar-refractivity contribution in [3.05, 3.63) is 0 Å². The zero-order valence-corrected chi connectivity index (χ0v) is 10.3. The monoisotopic (exact) mass is 262 g/mol. The van der Waals surface area contributed by atoms with Gasteiger partial charge in [-0.1, -0.05) is 28.8 Å². The zero-order valence-electron chi connectivity index (χ0n) is 8.75. The molecule has 82 valence electrons. The molecule has 2 rings (SSSR count). The fourth-order valence-corrected chi connectivity index (χ4v) is 3.20. The molecule has 0 aliphatic heterocycles. The number of hydrogen-bond donors (Lipinski definition) is 0. The van der Waals surface area contributed by atoms with E-state index in [1.165, 1.54) is 25.7 Å². The number of hydrogen-bond acceptors (Lipinski definition) is 2. The van der Waals surface area contributed by atoms with Gasteiger partial charge in [0.25, 0.3) is 0 Å². The molecule has 0 radical (unpaired) electrons. The van der Waals surface area contributed by atoms with Crippen LogP contribution in [-0.2, 0) is 9.47 Å². The van der Waals surface area contributed by atoms with Gasteiger partial charge in [0.05, 0.1) is 18.3 Å². The first-order valence-electron chi connectivity index (χ1n) is 5.72. The molecule has 3 atom stereocenters. The number of alkyl halides is 1. The molecular formula is C11H19BrO2. The average molecular weight is 263 g/mol. The van der Waals surface area contributed by atoms with Gasteiger partial charge >= 0.3 is 0 Å². The minimum absolute atomic E-state index is 0.292. The topological polar surface area (TPSA) is 18.5 Å². The molecule has 0 heterocycles. The maximum Gasteiger partial charge on any atom is 0.0962 e. The Morgan fingerprint density at radius 1 is 1.29 bits per heavy atom. The van der Waals surface area contributed by atoms with Gasteiger partial charge in [-0.2, -0.15) is 0 Å². The summed E-state index contributed by atoms with van der Waals surface area (Å²) in [6, 6.07) is 0. The van der Waals surface area contributed by atoms with Gasteiger partial charge in [-0.25, -0.2) is 0 Å². The molecule has 2 aliphatic rings. The largest absolute Gasteiger partial charge is 0.375 e. The normalized spacial score (nSPS) is 38.6. The van der Waals surface area contributed by atoms with Crippen molar-refractivity contribution in [3.8, 4) is 0 Å². The number of halogens is 1. The molecule has 3 heteroatoms. The van der Waals surface area contributed by atoms with Crippen LogP contribution in [0.2, 0.25) is 0 Å². The Labute approximate surface area is 94.5 Å². The Hall–Kier alpha value is 0.400. The average Bonchev–Trinajstić information content (AvgIpc) is 2.66. The highest BCUT2D eigenvalue weighted by atomic mass is 79.9. The minimum Gasteiger partial charge on any atom is -0.375 e. The highest BCUT2D eigenvalue weighted by molar-refractivity contribution is 9.09. The maximum atomic E-state index is 6.03. The summed E-state index contributed by atoms with van der Waals surface area (Å²) in [6.07, 6.45) is 7.46. The van der Waals surface area contributed by atoms with E-state index in [2.05, 4.69) is 15.9 Å². The van der Waals surface area contributed by atoms with E-state index >= 15 is 0 Å². The molecule has 0 amide bonds. The van der Waals surface area contributed by atoms with E-state index in [1.807, 2.05) is 6.92 Å². The first-order chi connectivity index (χ1) is 6.81. The van der Waals surface area contributed by atoms with Crippen molar-refractivity contribution >= 4 is 15.9 Å². The minimum atomic E-state index is 0.292. The summed E-state index contributed by atoms with van der Waals surface area (Å²) in [5, 5.41) is 0. The van der Waals surface area contributed by atoms with Gasteiger partial charge < -0.3 is 9.47 Å². The molecule has 0 aromatic rings. The second-order valence-corrected chi connectivity index (χ2v) is 5.43. The second-order valence-electron chi connectivity index (χ2n) is 4.25. The van der Waals surface area contributed by atoms with Crippen molar-refractivity contribution < 1.29 is 9.47 Å². The van der Waals surface area contributed by atoms with Gasteiger partial charge in [0.1, 0.15) is 0 Å². The third-order valence-corrected chi connectivity index (χ3v) is 4.10. The van der Waals surface area contributed by atoms with Gasteiger partial charge in [0.15, 0.2) is 0 Å². The summed E-state index contributed by atoms with van der Waals surface area (Å²) in [7, 11) is 0. The predicted octanol–water partition coefficient (Wildman–Crippen LogP) is 2.89. The predicted molar refractivity (Wildman–Crippen MR) is 59.9 cm³/mol. The van der Waals surface area contributed by atoms with E-state index in [0.29, 0.717) is 23.1 Å². The molecule has 0 N–H and O–H groups in total. The van der Waals surface area contributed by atoms with Crippen molar-refractivity contribution in [3.63, 3.8) is 0 Å². The lowest BCUT2D eigenvalue weighted by atomic mass is 9.91. The fraction of sp³-hybridized carbons (Fsp3) is 1.00. The van der Waals surface area contributed by atoms with Crippen LogP contribution in [0.15, 0.2) is 0 Å². The molecule has 2 nitrogen and oxygen atoms in total. The van der Waals surface area contributed by atoms with Crippen molar-refractivity contribution in [2.45, 2.75) is 62.2 Å². The van der Waals surface area contributed by atoms with Gasteiger partial charge in [-0.05, 0) is 26.2 Å². The lowest BCUT2D eigenvalue weighted by molar-refractivity contribution is -0.141. The second kappa shape index (κ2) is 4.95. The van der Waals surface area contributed by atoms with Crippen LogP contribution >= 0.6 is 15.9 Å². The molecule has 2 aliphatic carbocycles. The van der Waals surface area contributed by atoms with Crippen molar-refractivity contribution in [2.75, 3.05) is 6.61 Å². The van der Waals surface area contributed by atoms with E-state index in [9.17, 15) is 0 Å². The Bertz CT molecular complexity index is 180. The Morgan fingerprint density at radius 3 is 2.57 bits per heavy atom. The van der Waals surface area contributed by atoms with Crippen LogP contribution in [0.25, 0.3) is 0 Å². The van der Waals surface area contributed by atoms with E-state index < -0.39 is 0 Å². The zero-order chi connectivity index (χ0) is 9.97. The lowest BCUT2D eigenvalue weighted by Crippen LogP contribution is -2.51. The first kappa shape index (κ1) is 10.9. The molecule has 0 bridgehead atoms. The summed E-state index contributed by atoms with van der Waals surface area (Å²) in [5.41, 5.74) is 0. The maximum absolute atomic E-state index is 6.03. The molecule has 2 fully saturated rings. The van der Waals surface area contributed by atoms with Gasteiger partial charge in [0.2, 0.25) is 0 Å². The first-order valence-corrected chi connectivity index (χ1v) is 6.64. The molecule has 2 saturated carbocycles. The SMILES string of the molecule is CCOC1C(Br)CC1OC1CCCC1. The van der Waals surface area contributed by atoms with Crippen LogP contribution < -0.4 is 0 Å². The molecule has 0 saturated heterocycles. The Balaban J connectivity index is 1.75. The van der Waals surface area contributed by atoms with Crippen LogP contribution in [0.4, 0.5) is 0 Å². The summed E-state index contributed by atoms with van der Waals surface area (Å²) in [5.74, 6) is 0. The molecule has 0 aromatic heterocycles. The molecule has 0 spiro atoms. The van der Waals surface area contributed by atoms with Gasteiger partial charge in [-0.15, -0.1) is 0 Å². The summed E-state index contributed by atoms with van der Waals surface area (Å²) in [4.78, 5) is 0.508. The smallest absolute Gasteiger partial charge is 0.0962 e. The standard InChI is InChI=1S/C11H19BrO2/c1-2-13-11-9(12)7-10(11)14-8-5-3-4-6-8/h8-11H,2-7H2,1H3. The molecular weight excluding hydrogens is 244 g/mol. The Kier molecular flexibility index (Phi) is 3.86. The number of ether oxygens (including phenoxy) is 2. The quantitative estimate of drug-likeness (QED) is 0.726. The van der Waals surface area contributed by atoms with Crippen molar-refractivity contribution in [1.82, 2.24) is 0 Å². The third kappa shape index (κ3) is 2.31. The lowest BCUT2D eigenvalue weighted by Gasteiger charge is -2.42. The van der Waals surface area contributed by atoms with E-state index in [1.54, 1.807) is 0 Å². The van der Waals surface area contributed by atoms with Crippen LogP contribution in [-0.4, -0.2) is 29.7 Å². The van der Waals surface area contributed by atoms with E-state index in [-0.39, 0.29) is 0 Å². The molecule has 0 aromatic carbocycles. The summed E-state index contributed by atoms with van der Waals surface area (Å²) >= 11 is 3.61. The third-order valence-electron chi connectivity index (χ3n) is 3.21. The fourth-order valence-electron chi connectivity index (χ4n) is 2.34. The van der Waals surface area contributed by atoms with Crippen LogP contribution in [0.3, 0.4) is 0 Å². The van der Waals surface area contributed by atoms with E-state index in [0.717, 1.165) is 13.0 Å². The summed E-state index contributed by atoms with van der Waals surface area (Å²) < 4.78 is 11.7. The highest BCUT2D eigenvalue weighted by Gasteiger charge is 2.42. The van der Waals surface area contributed by atoms with E-state index in [4.69, 9.17) is 9.47 Å². The van der Waals surface area contributed by atoms with Gasteiger partial charge in [0, 0.05) is 11.4 Å². The van der Waals surface area contributed by atoms with Gasteiger partial charge in [-0.3, -0.25) is 0 Å². The molecule has 3 unspecified atom stereocenters. The number of rotatable bonds is 4. The summed E-state index contributed by atoms with van der Waals surface area (Å²) in [6.45, 7) is 2.84. The van der Waals surface area contributed by atoms with Crippen molar-refractivity contribution in [2.24, 2.45) is 0 Å². The van der Waals surface area contributed by atoms with Crippen LogP contribution in [0.5, 0.6) is 0 Å².